The summed E-state index contributed by atoms with van der Waals surface area (Å²) in [5.74, 6) is 0.0934. The number of nitriles is 1. The van der Waals surface area contributed by atoms with Gasteiger partial charge in [0.05, 0.1) is 18.4 Å². The highest BCUT2D eigenvalue weighted by Crippen LogP contribution is 2.25. The zero-order valence-electron chi connectivity index (χ0n) is 10.5. The molecule has 0 bridgehead atoms. The van der Waals surface area contributed by atoms with Crippen molar-refractivity contribution >= 4 is 11.6 Å². The van der Waals surface area contributed by atoms with Crippen LogP contribution in [0.3, 0.4) is 0 Å². The maximum absolute atomic E-state index is 12.2. The van der Waals surface area contributed by atoms with Gasteiger partial charge in [-0.3, -0.25) is 4.79 Å². The smallest absolute Gasteiger partial charge is 0.227 e. The highest BCUT2D eigenvalue weighted by molar-refractivity contribution is 5.80. The van der Waals surface area contributed by atoms with Crippen molar-refractivity contribution < 1.29 is 4.79 Å². The Balaban J connectivity index is 2.00. The SMILES string of the molecule is CN(CCC#N)C(=O)C1CNc2ccccc2C1. The maximum Gasteiger partial charge on any atom is 0.227 e. The first kappa shape index (κ1) is 12.4. The molecular formula is C14H17N3O. The minimum absolute atomic E-state index is 0.0245. The molecule has 18 heavy (non-hydrogen) atoms. The Morgan fingerprint density at radius 1 is 1.56 bits per heavy atom. The lowest BCUT2D eigenvalue weighted by atomic mass is 9.93. The molecule has 1 aromatic carbocycles. The topological polar surface area (TPSA) is 56.1 Å². The molecule has 0 spiro atoms. The van der Waals surface area contributed by atoms with Gasteiger partial charge in [-0.15, -0.1) is 0 Å². The van der Waals surface area contributed by atoms with E-state index < -0.39 is 0 Å². The van der Waals surface area contributed by atoms with Crippen LogP contribution in [0, 0.1) is 17.2 Å². The Bertz CT molecular complexity index is 478. The highest BCUT2D eigenvalue weighted by atomic mass is 16.2. The van der Waals surface area contributed by atoms with Gasteiger partial charge < -0.3 is 10.2 Å². The van der Waals surface area contributed by atoms with Crippen LogP contribution < -0.4 is 5.32 Å². The van der Waals surface area contributed by atoms with Gasteiger partial charge in [0.1, 0.15) is 0 Å². The molecule has 1 unspecified atom stereocenters. The van der Waals surface area contributed by atoms with Crippen molar-refractivity contribution in [3.05, 3.63) is 29.8 Å². The van der Waals surface area contributed by atoms with E-state index in [1.807, 2.05) is 18.2 Å². The number of carbonyl (C=O) groups is 1. The van der Waals surface area contributed by atoms with Crippen molar-refractivity contribution in [2.24, 2.45) is 5.92 Å². The standard InChI is InChI=1S/C14H17N3O/c1-17(8-4-7-15)14(18)12-9-11-5-2-3-6-13(11)16-10-12/h2-3,5-6,12,16H,4,8-10H2,1H3. The number of fused-ring (bicyclic) bond motifs is 1. The molecule has 94 valence electrons. The normalized spacial score (nSPS) is 17.2. The molecule has 1 aliphatic rings. The quantitative estimate of drug-likeness (QED) is 0.878. The van der Waals surface area contributed by atoms with Crippen LogP contribution in [-0.2, 0) is 11.2 Å². The molecular weight excluding hydrogens is 226 g/mol. The van der Waals surface area contributed by atoms with Gasteiger partial charge in [0.15, 0.2) is 0 Å². The van der Waals surface area contributed by atoms with E-state index in [2.05, 4.69) is 17.5 Å². The fraction of sp³-hybridized carbons (Fsp3) is 0.429. The Labute approximate surface area is 107 Å². The Kier molecular flexibility index (Phi) is 3.83. The molecule has 1 N–H and O–H groups in total. The molecule has 4 heteroatoms. The number of nitrogens with zero attached hydrogens (tertiary/aromatic N) is 2. The molecule has 1 heterocycles. The number of carbonyl (C=O) groups excluding carboxylic acids is 1. The van der Waals surface area contributed by atoms with Gasteiger partial charge in [-0.2, -0.15) is 5.26 Å². The summed E-state index contributed by atoms with van der Waals surface area (Å²) in [7, 11) is 1.76. The number of para-hydroxylation sites is 1. The summed E-state index contributed by atoms with van der Waals surface area (Å²) in [6.07, 6.45) is 1.16. The third-order valence-electron chi connectivity index (χ3n) is 3.31. The van der Waals surface area contributed by atoms with Crippen LogP contribution in [0.15, 0.2) is 24.3 Å². The van der Waals surface area contributed by atoms with Crippen molar-refractivity contribution in [3.8, 4) is 6.07 Å². The molecule has 0 saturated carbocycles. The lowest BCUT2D eigenvalue weighted by Crippen LogP contribution is -2.39. The number of nitrogens with one attached hydrogen (secondary N) is 1. The zero-order valence-corrected chi connectivity index (χ0v) is 10.5. The highest BCUT2D eigenvalue weighted by Gasteiger charge is 2.26. The average Bonchev–Trinajstić information content (AvgIpc) is 2.43. The van der Waals surface area contributed by atoms with Gasteiger partial charge >= 0.3 is 0 Å². The Hall–Kier alpha value is -2.02. The predicted molar refractivity (Wildman–Crippen MR) is 70.0 cm³/mol. The molecule has 0 aliphatic carbocycles. The fourth-order valence-electron chi connectivity index (χ4n) is 2.26. The second kappa shape index (κ2) is 5.54. The first-order valence-electron chi connectivity index (χ1n) is 6.16. The van der Waals surface area contributed by atoms with Crippen LogP contribution >= 0.6 is 0 Å². The summed E-state index contributed by atoms with van der Waals surface area (Å²) in [6.45, 7) is 1.18. The van der Waals surface area contributed by atoms with E-state index in [-0.39, 0.29) is 11.8 Å². The van der Waals surface area contributed by atoms with Crippen molar-refractivity contribution in [1.82, 2.24) is 4.90 Å². The molecule has 0 saturated heterocycles. The average molecular weight is 243 g/mol. The number of rotatable bonds is 3. The van der Waals surface area contributed by atoms with Crippen molar-refractivity contribution in [2.75, 3.05) is 25.5 Å². The number of benzene rings is 1. The van der Waals surface area contributed by atoms with E-state index >= 15 is 0 Å². The largest absolute Gasteiger partial charge is 0.384 e. The molecule has 2 rings (SSSR count). The number of anilines is 1. The zero-order chi connectivity index (χ0) is 13.0. The van der Waals surface area contributed by atoms with Crippen LogP contribution in [0.25, 0.3) is 0 Å². The van der Waals surface area contributed by atoms with Crippen LogP contribution in [0.5, 0.6) is 0 Å². The van der Waals surface area contributed by atoms with Crippen LogP contribution in [0.1, 0.15) is 12.0 Å². The molecule has 1 amide bonds. The Morgan fingerprint density at radius 3 is 3.11 bits per heavy atom. The molecule has 4 nitrogen and oxygen atoms in total. The molecule has 1 aliphatic heterocycles. The first-order chi connectivity index (χ1) is 8.72. The first-order valence-corrected chi connectivity index (χ1v) is 6.16. The molecule has 0 fully saturated rings. The van der Waals surface area contributed by atoms with Gasteiger partial charge in [0, 0.05) is 25.8 Å². The van der Waals surface area contributed by atoms with Gasteiger partial charge in [-0.1, -0.05) is 18.2 Å². The number of amides is 1. The summed E-state index contributed by atoms with van der Waals surface area (Å²) in [6, 6.07) is 10.1. The maximum atomic E-state index is 12.2. The second-order valence-electron chi connectivity index (χ2n) is 4.61. The van der Waals surface area contributed by atoms with Gasteiger partial charge in [0.2, 0.25) is 5.91 Å². The summed E-state index contributed by atoms with van der Waals surface area (Å²) in [5.41, 5.74) is 2.32. The van der Waals surface area contributed by atoms with E-state index in [4.69, 9.17) is 5.26 Å². The number of hydrogen-bond donors (Lipinski definition) is 1. The van der Waals surface area contributed by atoms with Gasteiger partial charge in [-0.25, -0.2) is 0 Å². The van der Waals surface area contributed by atoms with Crippen LogP contribution in [-0.4, -0.2) is 30.9 Å². The van der Waals surface area contributed by atoms with Crippen molar-refractivity contribution in [1.29, 1.82) is 5.26 Å². The van der Waals surface area contributed by atoms with Crippen molar-refractivity contribution in [2.45, 2.75) is 12.8 Å². The molecule has 1 aromatic rings. The summed E-state index contributed by atoms with van der Waals surface area (Å²) in [4.78, 5) is 13.8. The third-order valence-corrected chi connectivity index (χ3v) is 3.31. The lowest BCUT2D eigenvalue weighted by Gasteiger charge is -2.28. The monoisotopic (exact) mass is 243 g/mol. The van der Waals surface area contributed by atoms with Crippen molar-refractivity contribution in [3.63, 3.8) is 0 Å². The summed E-state index contributed by atoms with van der Waals surface area (Å²) < 4.78 is 0. The van der Waals surface area contributed by atoms with Crippen LogP contribution in [0.4, 0.5) is 5.69 Å². The van der Waals surface area contributed by atoms with E-state index in [9.17, 15) is 4.79 Å². The van der Waals surface area contributed by atoms with E-state index in [0.29, 0.717) is 19.5 Å². The minimum atomic E-state index is -0.0245. The van der Waals surface area contributed by atoms with Crippen LogP contribution in [0.2, 0.25) is 0 Å². The predicted octanol–water partition coefficient (Wildman–Crippen LogP) is 1.64. The van der Waals surface area contributed by atoms with E-state index in [1.165, 1.54) is 5.56 Å². The van der Waals surface area contributed by atoms with Gasteiger partial charge in [0.25, 0.3) is 0 Å². The van der Waals surface area contributed by atoms with E-state index in [0.717, 1.165) is 12.1 Å². The van der Waals surface area contributed by atoms with E-state index in [1.54, 1.807) is 11.9 Å². The molecule has 0 radical (unpaired) electrons. The minimum Gasteiger partial charge on any atom is -0.384 e. The molecule has 1 atom stereocenters. The second-order valence-corrected chi connectivity index (χ2v) is 4.61. The number of hydrogen-bond acceptors (Lipinski definition) is 3. The summed E-state index contributed by atoms with van der Waals surface area (Å²) in [5, 5.41) is 11.8. The fourth-order valence-corrected chi connectivity index (χ4v) is 2.26. The lowest BCUT2D eigenvalue weighted by molar-refractivity contribution is -0.133. The summed E-state index contributed by atoms with van der Waals surface area (Å²) >= 11 is 0. The third kappa shape index (κ3) is 2.62. The Morgan fingerprint density at radius 2 is 2.33 bits per heavy atom. The molecule has 0 aromatic heterocycles. The van der Waals surface area contributed by atoms with Gasteiger partial charge in [-0.05, 0) is 18.1 Å².